The second kappa shape index (κ2) is 7.63. The largest absolute Gasteiger partial charge is 0.348 e. The third-order valence-corrected chi connectivity index (χ3v) is 6.27. The molecular formula is C22H22BrN3O3. The summed E-state index contributed by atoms with van der Waals surface area (Å²) in [6.45, 7) is 1.69. The maximum absolute atomic E-state index is 13.2. The van der Waals surface area contributed by atoms with Crippen molar-refractivity contribution in [1.29, 1.82) is 0 Å². The topological polar surface area (TPSA) is 78.5 Å². The van der Waals surface area contributed by atoms with E-state index in [1.54, 1.807) is 0 Å². The molecule has 1 saturated heterocycles. The number of nitrogens with zero attached hydrogens (tertiary/aromatic N) is 1. The number of halogens is 1. The number of urea groups is 1. The third-order valence-electron chi connectivity index (χ3n) is 5.74. The van der Waals surface area contributed by atoms with E-state index in [0.717, 1.165) is 32.5 Å². The van der Waals surface area contributed by atoms with Gasteiger partial charge in [-0.15, -0.1) is 0 Å². The fraction of sp³-hybridized carbons (Fsp3) is 0.318. The first-order valence-corrected chi connectivity index (χ1v) is 10.5. The van der Waals surface area contributed by atoms with Gasteiger partial charge in [0.2, 0.25) is 5.91 Å². The van der Waals surface area contributed by atoms with Gasteiger partial charge in [-0.2, -0.15) is 0 Å². The van der Waals surface area contributed by atoms with Crippen LogP contribution in [-0.4, -0.2) is 29.3 Å². The third kappa shape index (κ3) is 3.44. The highest BCUT2D eigenvalue weighted by molar-refractivity contribution is 9.10. The zero-order chi connectivity index (χ0) is 20.6. The van der Waals surface area contributed by atoms with Crippen LogP contribution in [0.15, 0.2) is 53.0 Å². The minimum absolute atomic E-state index is 0.183. The molecule has 29 heavy (non-hydrogen) atoms. The lowest BCUT2D eigenvalue weighted by Gasteiger charge is -2.23. The highest BCUT2D eigenvalue weighted by atomic mass is 79.9. The Morgan fingerprint density at radius 3 is 2.66 bits per heavy atom. The number of benzene rings is 2. The molecule has 150 valence electrons. The molecule has 7 heteroatoms. The molecule has 1 fully saturated rings. The highest BCUT2D eigenvalue weighted by Crippen LogP contribution is 2.41. The van der Waals surface area contributed by atoms with E-state index in [2.05, 4.69) is 26.6 Å². The monoisotopic (exact) mass is 455 g/mol. The van der Waals surface area contributed by atoms with Crippen LogP contribution in [0, 0.1) is 0 Å². The van der Waals surface area contributed by atoms with Crippen molar-refractivity contribution < 1.29 is 14.4 Å². The number of hydrogen-bond acceptors (Lipinski definition) is 3. The van der Waals surface area contributed by atoms with E-state index in [9.17, 15) is 14.4 Å². The molecule has 1 aliphatic heterocycles. The Morgan fingerprint density at radius 2 is 1.93 bits per heavy atom. The molecule has 1 spiro atoms. The number of hydrogen-bond donors (Lipinski definition) is 2. The van der Waals surface area contributed by atoms with Gasteiger partial charge in [0.25, 0.3) is 5.91 Å². The van der Waals surface area contributed by atoms with E-state index in [-0.39, 0.29) is 24.4 Å². The molecule has 0 radical (unpaired) electrons. The fourth-order valence-corrected chi connectivity index (χ4v) is 4.50. The van der Waals surface area contributed by atoms with Crippen molar-refractivity contribution in [2.24, 2.45) is 0 Å². The summed E-state index contributed by atoms with van der Waals surface area (Å²) in [6.07, 6.45) is 1.94. The molecule has 4 rings (SSSR count). The summed E-state index contributed by atoms with van der Waals surface area (Å²) in [5.74, 6) is -0.703. The number of aryl methyl sites for hydroxylation is 1. The van der Waals surface area contributed by atoms with Crippen molar-refractivity contribution >= 4 is 33.8 Å². The van der Waals surface area contributed by atoms with Crippen LogP contribution in [0.3, 0.4) is 0 Å². The summed E-state index contributed by atoms with van der Waals surface area (Å²) in [4.78, 5) is 39.4. The highest BCUT2D eigenvalue weighted by Gasteiger charge is 2.55. The zero-order valence-electron chi connectivity index (χ0n) is 16.1. The standard InChI is InChI=1S/C22H22BrN3O3/c1-2-18(15-7-9-16(23)10-8-15)24-19(27)13-26-20(28)22(25-21(26)29)12-11-14-5-3-4-6-17(14)22/h3-10,18H,2,11-13H2,1H3,(H,24,27)(H,25,29)/t18-,22-/m1/s1. The minimum Gasteiger partial charge on any atom is -0.348 e. The number of imide groups is 1. The van der Waals surface area contributed by atoms with Crippen LogP contribution >= 0.6 is 15.9 Å². The van der Waals surface area contributed by atoms with Crippen molar-refractivity contribution in [2.45, 2.75) is 37.8 Å². The van der Waals surface area contributed by atoms with E-state index in [4.69, 9.17) is 0 Å². The predicted molar refractivity (Wildman–Crippen MR) is 112 cm³/mol. The molecule has 0 unspecified atom stereocenters. The average Bonchev–Trinajstić information content (AvgIpc) is 3.20. The van der Waals surface area contributed by atoms with Gasteiger partial charge < -0.3 is 10.6 Å². The Bertz CT molecular complexity index is 976. The van der Waals surface area contributed by atoms with Crippen LogP contribution in [0.2, 0.25) is 0 Å². The van der Waals surface area contributed by atoms with Crippen LogP contribution < -0.4 is 10.6 Å². The Labute approximate surface area is 177 Å². The van der Waals surface area contributed by atoms with E-state index in [0.29, 0.717) is 12.8 Å². The van der Waals surface area contributed by atoms with Crippen LogP contribution in [0.5, 0.6) is 0 Å². The quantitative estimate of drug-likeness (QED) is 0.677. The molecule has 2 aromatic carbocycles. The Balaban J connectivity index is 1.48. The molecule has 2 N–H and O–H groups in total. The van der Waals surface area contributed by atoms with Crippen molar-refractivity contribution in [3.05, 3.63) is 69.7 Å². The van der Waals surface area contributed by atoms with Gasteiger partial charge in [0.05, 0.1) is 6.04 Å². The second-order valence-corrected chi connectivity index (χ2v) is 8.38. The number of amides is 4. The zero-order valence-corrected chi connectivity index (χ0v) is 17.7. The molecule has 2 atom stereocenters. The van der Waals surface area contributed by atoms with Gasteiger partial charge in [0.15, 0.2) is 0 Å². The minimum atomic E-state index is -1.04. The predicted octanol–water partition coefficient (Wildman–Crippen LogP) is 3.41. The van der Waals surface area contributed by atoms with E-state index in [1.165, 1.54) is 0 Å². The maximum Gasteiger partial charge on any atom is 0.325 e. The van der Waals surface area contributed by atoms with Crippen LogP contribution in [0.4, 0.5) is 4.79 Å². The molecule has 0 saturated carbocycles. The first kappa shape index (κ1) is 19.6. The number of rotatable bonds is 5. The molecule has 6 nitrogen and oxygen atoms in total. The molecule has 2 aromatic rings. The summed E-state index contributed by atoms with van der Waals surface area (Å²) in [6, 6.07) is 14.7. The average molecular weight is 456 g/mol. The summed E-state index contributed by atoms with van der Waals surface area (Å²) in [7, 11) is 0. The molecule has 0 bridgehead atoms. The number of carbonyl (C=O) groups excluding carboxylic acids is 3. The SMILES string of the molecule is CC[C@@H](NC(=O)CN1C(=O)N[C@@]2(CCc3ccccc32)C1=O)c1ccc(Br)cc1. The lowest BCUT2D eigenvalue weighted by atomic mass is 9.92. The summed E-state index contributed by atoms with van der Waals surface area (Å²) in [5.41, 5.74) is 1.84. The maximum atomic E-state index is 13.2. The van der Waals surface area contributed by atoms with Gasteiger partial charge in [-0.25, -0.2) is 4.79 Å². The van der Waals surface area contributed by atoms with Crippen molar-refractivity contribution in [2.75, 3.05) is 6.54 Å². The molecule has 0 aromatic heterocycles. The van der Waals surface area contributed by atoms with Gasteiger partial charge in [-0.3, -0.25) is 14.5 Å². The number of fused-ring (bicyclic) bond motifs is 2. The van der Waals surface area contributed by atoms with Gasteiger partial charge in [0.1, 0.15) is 12.1 Å². The van der Waals surface area contributed by atoms with Gasteiger partial charge in [0, 0.05) is 4.47 Å². The second-order valence-electron chi connectivity index (χ2n) is 7.46. The first-order valence-electron chi connectivity index (χ1n) is 9.72. The van der Waals surface area contributed by atoms with Gasteiger partial charge in [-0.1, -0.05) is 59.3 Å². The van der Waals surface area contributed by atoms with Crippen LogP contribution in [0.25, 0.3) is 0 Å². The Morgan fingerprint density at radius 1 is 1.21 bits per heavy atom. The van der Waals surface area contributed by atoms with E-state index in [1.807, 2.05) is 55.5 Å². The van der Waals surface area contributed by atoms with Crippen molar-refractivity contribution in [3.8, 4) is 0 Å². The summed E-state index contributed by atoms with van der Waals surface area (Å²) >= 11 is 3.40. The number of carbonyl (C=O) groups is 3. The molecule has 1 heterocycles. The molecule has 1 aliphatic carbocycles. The van der Waals surface area contributed by atoms with Crippen molar-refractivity contribution in [3.63, 3.8) is 0 Å². The molecule has 4 amide bonds. The fourth-order valence-electron chi connectivity index (χ4n) is 4.23. The van der Waals surface area contributed by atoms with Crippen molar-refractivity contribution in [1.82, 2.24) is 15.5 Å². The first-order chi connectivity index (χ1) is 13.9. The summed E-state index contributed by atoms with van der Waals surface area (Å²) in [5, 5.41) is 5.79. The van der Waals surface area contributed by atoms with E-state index < -0.39 is 11.6 Å². The van der Waals surface area contributed by atoms with Gasteiger partial charge in [-0.05, 0) is 48.1 Å². The Kier molecular flexibility index (Phi) is 5.17. The Hall–Kier alpha value is -2.67. The molecular weight excluding hydrogens is 434 g/mol. The molecule has 2 aliphatic rings. The summed E-state index contributed by atoms with van der Waals surface area (Å²) < 4.78 is 0.962. The van der Waals surface area contributed by atoms with Gasteiger partial charge >= 0.3 is 6.03 Å². The lowest BCUT2D eigenvalue weighted by Crippen LogP contribution is -2.44. The smallest absolute Gasteiger partial charge is 0.325 e. The van der Waals surface area contributed by atoms with Crippen LogP contribution in [0.1, 0.15) is 42.5 Å². The van der Waals surface area contributed by atoms with E-state index >= 15 is 0 Å². The van der Waals surface area contributed by atoms with Crippen LogP contribution in [-0.2, 0) is 21.5 Å². The normalized spacial score (nSPS) is 21.2. The lowest BCUT2D eigenvalue weighted by molar-refractivity contribution is -0.135. The number of nitrogens with one attached hydrogen (secondary N) is 2.